The molecule has 4 heteroatoms. The van der Waals surface area contributed by atoms with Gasteiger partial charge in [0.2, 0.25) is 0 Å². The SMILES string of the molecule is COc1c(OC2CCSCC2)cccc1C1CCCCN1. The summed E-state index contributed by atoms with van der Waals surface area (Å²) in [5.41, 5.74) is 1.25. The van der Waals surface area contributed by atoms with Gasteiger partial charge in [0.05, 0.1) is 7.11 Å². The Morgan fingerprint density at radius 3 is 2.71 bits per heavy atom. The predicted molar refractivity (Wildman–Crippen MR) is 88.6 cm³/mol. The van der Waals surface area contributed by atoms with Crippen LogP contribution in [-0.2, 0) is 0 Å². The van der Waals surface area contributed by atoms with Crippen molar-refractivity contribution in [2.45, 2.75) is 44.2 Å². The number of hydrogen-bond acceptors (Lipinski definition) is 4. The molecule has 0 radical (unpaired) electrons. The maximum absolute atomic E-state index is 6.24. The number of para-hydroxylation sites is 1. The van der Waals surface area contributed by atoms with Crippen LogP contribution < -0.4 is 14.8 Å². The fourth-order valence-corrected chi connectivity index (χ4v) is 4.27. The Labute approximate surface area is 131 Å². The van der Waals surface area contributed by atoms with Gasteiger partial charge in [0, 0.05) is 11.6 Å². The minimum absolute atomic E-state index is 0.342. The van der Waals surface area contributed by atoms with Crippen molar-refractivity contribution in [2.24, 2.45) is 0 Å². The predicted octanol–water partition coefficient (Wildman–Crippen LogP) is 3.78. The number of nitrogens with one attached hydrogen (secondary N) is 1. The van der Waals surface area contributed by atoms with Crippen LogP contribution >= 0.6 is 11.8 Å². The van der Waals surface area contributed by atoms with Crippen molar-refractivity contribution in [1.29, 1.82) is 0 Å². The summed E-state index contributed by atoms with van der Waals surface area (Å²) < 4.78 is 11.9. The fourth-order valence-electron chi connectivity index (χ4n) is 3.21. The summed E-state index contributed by atoms with van der Waals surface area (Å²) in [4.78, 5) is 0. The zero-order chi connectivity index (χ0) is 14.5. The molecule has 21 heavy (non-hydrogen) atoms. The van der Waals surface area contributed by atoms with Crippen molar-refractivity contribution in [1.82, 2.24) is 5.32 Å². The van der Waals surface area contributed by atoms with Gasteiger partial charge in [0.1, 0.15) is 6.10 Å². The summed E-state index contributed by atoms with van der Waals surface area (Å²) >= 11 is 2.02. The van der Waals surface area contributed by atoms with Crippen LogP contribution in [0.15, 0.2) is 18.2 Å². The molecule has 1 aromatic rings. The van der Waals surface area contributed by atoms with Crippen molar-refractivity contribution >= 4 is 11.8 Å². The second-order valence-corrected chi connectivity index (χ2v) is 7.04. The van der Waals surface area contributed by atoms with E-state index in [1.807, 2.05) is 17.8 Å². The Bertz CT molecular complexity index is 454. The molecule has 1 N–H and O–H groups in total. The van der Waals surface area contributed by atoms with Crippen molar-refractivity contribution in [3.63, 3.8) is 0 Å². The van der Waals surface area contributed by atoms with E-state index in [2.05, 4.69) is 17.4 Å². The van der Waals surface area contributed by atoms with E-state index in [1.165, 1.54) is 36.3 Å². The Hall–Kier alpha value is -0.870. The first kappa shape index (κ1) is 15.0. The Balaban J connectivity index is 1.79. The molecule has 2 saturated heterocycles. The summed E-state index contributed by atoms with van der Waals surface area (Å²) in [6.07, 6.45) is 6.36. The first-order chi connectivity index (χ1) is 10.4. The normalized spacial score (nSPS) is 23.8. The molecule has 2 aliphatic heterocycles. The number of benzene rings is 1. The maximum Gasteiger partial charge on any atom is 0.165 e. The molecular weight excluding hydrogens is 282 g/mol. The molecule has 0 aliphatic carbocycles. The molecule has 0 amide bonds. The third kappa shape index (κ3) is 3.67. The Morgan fingerprint density at radius 1 is 1.14 bits per heavy atom. The highest BCUT2D eigenvalue weighted by atomic mass is 32.2. The molecule has 3 rings (SSSR count). The smallest absolute Gasteiger partial charge is 0.165 e. The van der Waals surface area contributed by atoms with Gasteiger partial charge in [-0.1, -0.05) is 18.6 Å². The minimum Gasteiger partial charge on any atom is -0.493 e. The average molecular weight is 307 g/mol. The van der Waals surface area contributed by atoms with Gasteiger partial charge in [-0.25, -0.2) is 0 Å². The highest BCUT2D eigenvalue weighted by Gasteiger charge is 2.23. The zero-order valence-electron chi connectivity index (χ0n) is 12.8. The van der Waals surface area contributed by atoms with Crippen molar-refractivity contribution in [2.75, 3.05) is 25.2 Å². The lowest BCUT2D eigenvalue weighted by molar-refractivity contribution is 0.183. The van der Waals surface area contributed by atoms with Crippen LogP contribution in [0.2, 0.25) is 0 Å². The molecule has 2 fully saturated rings. The van der Waals surface area contributed by atoms with E-state index < -0.39 is 0 Å². The standard InChI is InChI=1S/C17H25NO2S/c1-19-17-14(15-6-2-3-10-18-15)5-4-7-16(17)20-13-8-11-21-12-9-13/h4-5,7,13,15,18H,2-3,6,8-12H2,1H3. The van der Waals surface area contributed by atoms with Crippen LogP contribution in [0.1, 0.15) is 43.7 Å². The van der Waals surface area contributed by atoms with Crippen molar-refractivity contribution in [3.05, 3.63) is 23.8 Å². The number of piperidine rings is 1. The summed E-state index contributed by atoms with van der Waals surface area (Å²) in [7, 11) is 1.76. The molecule has 0 spiro atoms. The van der Waals surface area contributed by atoms with Crippen LogP contribution in [0.25, 0.3) is 0 Å². The highest BCUT2D eigenvalue weighted by molar-refractivity contribution is 7.99. The summed E-state index contributed by atoms with van der Waals surface area (Å²) in [6.45, 7) is 1.10. The number of rotatable bonds is 4. The van der Waals surface area contributed by atoms with Gasteiger partial charge >= 0.3 is 0 Å². The average Bonchev–Trinajstić information content (AvgIpc) is 2.56. The van der Waals surface area contributed by atoms with Gasteiger partial charge < -0.3 is 14.8 Å². The molecule has 2 heterocycles. The second kappa shape index (κ2) is 7.41. The molecule has 0 bridgehead atoms. The van der Waals surface area contributed by atoms with E-state index in [-0.39, 0.29) is 0 Å². The Kier molecular flexibility index (Phi) is 5.31. The molecule has 3 nitrogen and oxygen atoms in total. The lowest BCUT2D eigenvalue weighted by Gasteiger charge is -2.28. The third-order valence-electron chi connectivity index (χ3n) is 4.36. The lowest BCUT2D eigenvalue weighted by Crippen LogP contribution is -2.27. The zero-order valence-corrected chi connectivity index (χ0v) is 13.6. The van der Waals surface area contributed by atoms with Gasteiger partial charge in [-0.3, -0.25) is 0 Å². The largest absolute Gasteiger partial charge is 0.493 e. The molecule has 0 aromatic heterocycles. The molecule has 1 aromatic carbocycles. The highest BCUT2D eigenvalue weighted by Crippen LogP contribution is 2.38. The molecule has 2 aliphatic rings. The van der Waals surface area contributed by atoms with Crippen LogP contribution in [0.5, 0.6) is 11.5 Å². The summed E-state index contributed by atoms with van der Waals surface area (Å²) in [5, 5.41) is 3.60. The first-order valence-electron chi connectivity index (χ1n) is 8.03. The topological polar surface area (TPSA) is 30.5 Å². The maximum atomic E-state index is 6.24. The summed E-state index contributed by atoms with van der Waals surface area (Å²) in [6, 6.07) is 6.72. The van der Waals surface area contributed by atoms with Gasteiger partial charge in [-0.15, -0.1) is 0 Å². The van der Waals surface area contributed by atoms with Gasteiger partial charge in [0.25, 0.3) is 0 Å². The van der Waals surface area contributed by atoms with Crippen LogP contribution in [0.4, 0.5) is 0 Å². The molecule has 116 valence electrons. The molecule has 1 unspecified atom stereocenters. The number of hydrogen-bond donors (Lipinski definition) is 1. The number of thioether (sulfide) groups is 1. The van der Waals surface area contributed by atoms with Gasteiger partial charge in [0.15, 0.2) is 11.5 Å². The first-order valence-corrected chi connectivity index (χ1v) is 9.18. The van der Waals surface area contributed by atoms with Crippen molar-refractivity contribution in [3.8, 4) is 11.5 Å². The van der Waals surface area contributed by atoms with Crippen LogP contribution in [-0.4, -0.2) is 31.3 Å². The van der Waals surface area contributed by atoms with Gasteiger partial charge in [-0.05, 0) is 49.8 Å². The van der Waals surface area contributed by atoms with E-state index in [4.69, 9.17) is 9.47 Å². The van der Waals surface area contributed by atoms with Crippen molar-refractivity contribution < 1.29 is 9.47 Å². The van der Waals surface area contributed by atoms with E-state index in [0.29, 0.717) is 12.1 Å². The van der Waals surface area contributed by atoms with E-state index >= 15 is 0 Å². The summed E-state index contributed by atoms with van der Waals surface area (Å²) in [5.74, 6) is 4.25. The fraction of sp³-hybridized carbons (Fsp3) is 0.647. The minimum atomic E-state index is 0.342. The molecule has 1 atom stereocenters. The monoisotopic (exact) mass is 307 g/mol. The van der Waals surface area contributed by atoms with E-state index in [9.17, 15) is 0 Å². The van der Waals surface area contributed by atoms with Gasteiger partial charge in [-0.2, -0.15) is 11.8 Å². The van der Waals surface area contributed by atoms with E-state index in [1.54, 1.807) is 7.11 Å². The lowest BCUT2D eigenvalue weighted by atomic mass is 9.96. The quantitative estimate of drug-likeness (QED) is 0.917. The van der Waals surface area contributed by atoms with Crippen LogP contribution in [0, 0.1) is 0 Å². The van der Waals surface area contributed by atoms with Crippen LogP contribution in [0.3, 0.4) is 0 Å². The number of methoxy groups -OCH3 is 1. The molecular formula is C17H25NO2S. The third-order valence-corrected chi connectivity index (χ3v) is 5.41. The Morgan fingerprint density at radius 2 is 2.00 bits per heavy atom. The second-order valence-electron chi connectivity index (χ2n) is 5.81. The number of ether oxygens (including phenoxy) is 2. The van der Waals surface area contributed by atoms with E-state index in [0.717, 1.165) is 30.9 Å². The molecule has 0 saturated carbocycles.